The fourth-order valence-corrected chi connectivity index (χ4v) is 1.64. The summed E-state index contributed by atoms with van der Waals surface area (Å²) in [5.74, 6) is 1.06. The highest BCUT2D eigenvalue weighted by Crippen LogP contribution is 2.15. The van der Waals surface area contributed by atoms with Crippen molar-refractivity contribution in [3.8, 4) is 0 Å². The van der Waals surface area contributed by atoms with Crippen LogP contribution in [0.3, 0.4) is 0 Å². The Bertz CT molecular complexity index is 270. The van der Waals surface area contributed by atoms with E-state index in [9.17, 15) is 0 Å². The number of rotatable bonds is 1. The van der Waals surface area contributed by atoms with E-state index in [1.54, 1.807) is 24.2 Å². The van der Waals surface area contributed by atoms with E-state index in [2.05, 4.69) is 21.2 Å². The lowest BCUT2D eigenvalue weighted by atomic mass is 10.5. The number of aliphatic imine (C=N–C) groups is 1. The van der Waals surface area contributed by atoms with Gasteiger partial charge in [-0.15, -0.1) is 11.8 Å². The monoisotopic (exact) mass is 164 g/mol. The Morgan fingerprint density at radius 3 is 3.09 bits per heavy atom. The van der Waals surface area contributed by atoms with E-state index in [-0.39, 0.29) is 0 Å². The first-order chi connectivity index (χ1) is 5.47. The molecule has 2 rings (SSSR count). The average Bonchev–Trinajstić information content (AvgIpc) is 2.58. The van der Waals surface area contributed by atoms with E-state index in [4.69, 9.17) is 0 Å². The van der Waals surface area contributed by atoms with E-state index in [1.807, 2.05) is 0 Å². The highest BCUT2D eigenvalue weighted by Gasteiger charge is 2.10. The summed E-state index contributed by atoms with van der Waals surface area (Å²) in [5, 5.41) is 0.970. The zero-order chi connectivity index (χ0) is 7.52. The fourth-order valence-electron chi connectivity index (χ4n) is 0.850. The summed E-state index contributed by atoms with van der Waals surface area (Å²) < 4.78 is 0. The predicted molar refractivity (Wildman–Crippen MR) is 44.7 cm³/mol. The third-order valence-corrected chi connectivity index (χ3v) is 2.29. The van der Waals surface area contributed by atoms with Gasteiger partial charge in [0.15, 0.2) is 0 Å². The molecule has 0 amide bonds. The molecule has 1 aliphatic rings. The van der Waals surface area contributed by atoms with E-state index in [0.717, 1.165) is 23.0 Å². The van der Waals surface area contributed by atoms with Gasteiger partial charge in [-0.05, 0) is 0 Å². The summed E-state index contributed by atoms with van der Waals surface area (Å²) in [7, 11) is 0. The molecule has 0 bridgehead atoms. The Hall–Kier alpha value is -0.900. The Morgan fingerprint density at radius 1 is 1.45 bits per heavy atom. The molecule has 0 aromatic carbocycles. The molecule has 1 aliphatic heterocycles. The standard InChI is InChI=1S/C7H6N3S/c1-2-9-6(5-8-1)7-10-3-4-11-7/h1-2H,3-4H2. The summed E-state index contributed by atoms with van der Waals surface area (Å²) in [6, 6.07) is 0. The van der Waals surface area contributed by atoms with Gasteiger partial charge in [-0.25, -0.2) is 0 Å². The third-order valence-electron chi connectivity index (χ3n) is 1.30. The highest BCUT2D eigenvalue weighted by molar-refractivity contribution is 8.14. The third kappa shape index (κ3) is 1.40. The topological polar surface area (TPSA) is 38.1 Å². The minimum Gasteiger partial charge on any atom is -0.275 e. The molecular weight excluding hydrogens is 158 g/mol. The summed E-state index contributed by atoms with van der Waals surface area (Å²) in [5.41, 5.74) is 0.773. The van der Waals surface area contributed by atoms with Gasteiger partial charge in [0.05, 0.1) is 0 Å². The summed E-state index contributed by atoms with van der Waals surface area (Å²) in [6.07, 6.45) is 6.07. The van der Waals surface area contributed by atoms with Gasteiger partial charge in [-0.2, -0.15) is 0 Å². The van der Waals surface area contributed by atoms with Crippen LogP contribution in [0.2, 0.25) is 0 Å². The molecule has 0 fully saturated rings. The molecule has 0 N–H and O–H groups in total. The lowest BCUT2D eigenvalue weighted by Gasteiger charge is -1.93. The van der Waals surface area contributed by atoms with Crippen LogP contribution in [0.1, 0.15) is 5.69 Å². The first-order valence-corrected chi connectivity index (χ1v) is 4.32. The van der Waals surface area contributed by atoms with Gasteiger partial charge < -0.3 is 0 Å². The molecule has 0 spiro atoms. The van der Waals surface area contributed by atoms with Crippen LogP contribution in [-0.2, 0) is 0 Å². The Labute approximate surface area is 69.0 Å². The molecule has 0 atom stereocenters. The van der Waals surface area contributed by atoms with Gasteiger partial charge in [-0.3, -0.25) is 15.0 Å². The molecule has 2 heterocycles. The highest BCUT2D eigenvalue weighted by atomic mass is 32.2. The van der Waals surface area contributed by atoms with Crippen molar-refractivity contribution < 1.29 is 0 Å². The van der Waals surface area contributed by atoms with Crippen molar-refractivity contribution in [2.45, 2.75) is 0 Å². The molecule has 1 radical (unpaired) electrons. The maximum Gasteiger partial charge on any atom is 0.123 e. The van der Waals surface area contributed by atoms with Gasteiger partial charge >= 0.3 is 0 Å². The van der Waals surface area contributed by atoms with Crippen molar-refractivity contribution in [1.82, 2.24) is 9.97 Å². The Balaban J connectivity index is 2.29. The number of nitrogens with zero attached hydrogens (tertiary/aromatic N) is 3. The van der Waals surface area contributed by atoms with Crippen LogP contribution in [0.4, 0.5) is 0 Å². The number of thioether (sulfide) groups is 1. The van der Waals surface area contributed by atoms with Crippen molar-refractivity contribution in [2.24, 2.45) is 4.99 Å². The molecule has 55 valence electrons. The van der Waals surface area contributed by atoms with Gasteiger partial charge in [-0.1, -0.05) is 0 Å². The molecule has 3 nitrogen and oxygen atoms in total. The molecule has 0 saturated carbocycles. The lowest BCUT2D eigenvalue weighted by molar-refractivity contribution is 1.14. The van der Waals surface area contributed by atoms with Crippen molar-refractivity contribution >= 4 is 16.8 Å². The largest absolute Gasteiger partial charge is 0.275 e. The second-order valence-electron chi connectivity index (χ2n) is 2.05. The smallest absolute Gasteiger partial charge is 0.123 e. The molecule has 11 heavy (non-hydrogen) atoms. The van der Waals surface area contributed by atoms with Crippen molar-refractivity contribution in [1.29, 1.82) is 0 Å². The maximum absolute atomic E-state index is 4.25. The molecule has 1 aromatic heterocycles. The van der Waals surface area contributed by atoms with E-state index in [1.165, 1.54) is 0 Å². The zero-order valence-corrected chi connectivity index (χ0v) is 6.64. The van der Waals surface area contributed by atoms with Crippen molar-refractivity contribution in [3.05, 3.63) is 24.3 Å². The fraction of sp³-hybridized carbons (Fsp3) is 0.286. The summed E-state index contributed by atoms with van der Waals surface area (Å²) in [6.45, 7) is 0.893. The van der Waals surface area contributed by atoms with Crippen LogP contribution in [0.5, 0.6) is 0 Å². The molecular formula is C7H6N3S. The second-order valence-corrected chi connectivity index (χ2v) is 3.14. The average molecular weight is 164 g/mol. The predicted octanol–water partition coefficient (Wildman–Crippen LogP) is 0.770. The molecule has 4 heteroatoms. The molecule has 0 unspecified atom stereocenters. The van der Waals surface area contributed by atoms with Crippen LogP contribution in [0.15, 0.2) is 17.4 Å². The van der Waals surface area contributed by atoms with Gasteiger partial charge in [0.2, 0.25) is 0 Å². The van der Waals surface area contributed by atoms with E-state index >= 15 is 0 Å². The lowest BCUT2D eigenvalue weighted by Crippen LogP contribution is -1.96. The molecule has 0 aliphatic carbocycles. The number of aromatic nitrogens is 2. The Kier molecular flexibility index (Phi) is 1.85. The second kappa shape index (κ2) is 3.00. The van der Waals surface area contributed by atoms with Crippen LogP contribution in [-0.4, -0.2) is 27.3 Å². The molecule has 0 saturated heterocycles. The zero-order valence-electron chi connectivity index (χ0n) is 5.82. The number of hydrogen-bond acceptors (Lipinski definition) is 4. The Morgan fingerprint density at radius 2 is 2.45 bits per heavy atom. The van der Waals surface area contributed by atoms with Crippen LogP contribution >= 0.6 is 11.8 Å². The minimum atomic E-state index is 0.773. The van der Waals surface area contributed by atoms with Crippen LogP contribution < -0.4 is 0 Å². The normalized spacial score (nSPS) is 16.5. The first-order valence-electron chi connectivity index (χ1n) is 3.33. The van der Waals surface area contributed by atoms with Crippen LogP contribution in [0, 0.1) is 6.20 Å². The molecule has 1 aromatic rings. The van der Waals surface area contributed by atoms with Crippen molar-refractivity contribution in [2.75, 3.05) is 12.3 Å². The number of hydrogen-bond donors (Lipinski definition) is 0. The maximum atomic E-state index is 4.25. The first kappa shape index (κ1) is 6.79. The SMILES string of the molecule is [c]1nccnc1C1=NCCS1. The summed E-state index contributed by atoms with van der Waals surface area (Å²) in [4.78, 5) is 12.2. The van der Waals surface area contributed by atoms with Gasteiger partial charge in [0.25, 0.3) is 0 Å². The van der Waals surface area contributed by atoms with E-state index < -0.39 is 0 Å². The van der Waals surface area contributed by atoms with Gasteiger partial charge in [0, 0.05) is 24.7 Å². The minimum absolute atomic E-state index is 0.773. The van der Waals surface area contributed by atoms with Crippen molar-refractivity contribution in [3.63, 3.8) is 0 Å². The van der Waals surface area contributed by atoms with Gasteiger partial charge in [0.1, 0.15) is 16.9 Å². The van der Waals surface area contributed by atoms with E-state index in [0.29, 0.717) is 0 Å². The quantitative estimate of drug-likeness (QED) is 0.615. The summed E-state index contributed by atoms with van der Waals surface area (Å²) >= 11 is 1.71. The van der Waals surface area contributed by atoms with Crippen LogP contribution in [0.25, 0.3) is 0 Å².